The molecule has 1 unspecified atom stereocenters. The van der Waals surface area contributed by atoms with Crippen LogP contribution in [0.2, 0.25) is 0 Å². The van der Waals surface area contributed by atoms with E-state index in [0.717, 1.165) is 80.4 Å². The Labute approximate surface area is 278 Å². The molecule has 8 nitrogen and oxygen atoms in total. The molecule has 6 rings (SSSR count). The number of hydrogen-bond donors (Lipinski definition) is 3. The lowest BCUT2D eigenvalue weighted by Gasteiger charge is -2.58. The number of aliphatic hydroxyl groups excluding tert-OH is 2. The molecule has 2 saturated carbocycles. The number of rotatable bonds is 15. The third-order valence-corrected chi connectivity index (χ3v) is 12.4. The molecular formula is C37H53NO7S. The second-order valence-electron chi connectivity index (χ2n) is 13.7. The van der Waals surface area contributed by atoms with Gasteiger partial charge in [-0.3, -0.25) is 0 Å². The minimum Gasteiger partial charge on any atom is -0.508 e. The van der Waals surface area contributed by atoms with Crippen molar-refractivity contribution in [3.05, 3.63) is 48.1 Å². The molecule has 9 heteroatoms. The lowest BCUT2D eigenvalue weighted by molar-refractivity contribution is -0.223. The van der Waals surface area contributed by atoms with E-state index in [9.17, 15) is 15.3 Å². The topological polar surface area (TPSA) is 110 Å². The highest BCUT2D eigenvalue weighted by molar-refractivity contribution is 8.00. The molecule has 0 bridgehead atoms. The molecule has 3 aliphatic carbocycles. The first-order chi connectivity index (χ1) is 22.6. The maximum atomic E-state index is 10.8. The van der Waals surface area contributed by atoms with Crippen LogP contribution in [0.4, 0.5) is 0 Å². The van der Waals surface area contributed by atoms with Gasteiger partial charge in [0.2, 0.25) is 12.1 Å². The van der Waals surface area contributed by atoms with Crippen molar-refractivity contribution >= 4 is 17.5 Å². The second-order valence-corrected chi connectivity index (χ2v) is 15.2. The highest BCUT2D eigenvalue weighted by Gasteiger charge is 2.64. The fraction of sp³-hybridized carbons (Fsp3) is 0.703. The Balaban J connectivity index is 1.50. The van der Waals surface area contributed by atoms with Gasteiger partial charge in [0.05, 0.1) is 30.1 Å². The summed E-state index contributed by atoms with van der Waals surface area (Å²) in [5, 5.41) is 35.6. The quantitative estimate of drug-likeness (QED) is 0.103. The van der Waals surface area contributed by atoms with Crippen molar-refractivity contribution in [1.82, 2.24) is 0 Å². The Morgan fingerprint density at radius 3 is 2.54 bits per heavy atom. The molecule has 254 valence electrons. The fourth-order valence-corrected chi connectivity index (χ4v) is 10.4. The molecule has 1 aromatic carbocycles. The number of allylic oxidation sites excluding steroid dienone is 1. The van der Waals surface area contributed by atoms with Crippen LogP contribution in [-0.2, 0) is 14.3 Å². The van der Waals surface area contributed by atoms with Gasteiger partial charge < -0.3 is 34.4 Å². The van der Waals surface area contributed by atoms with Crippen LogP contribution in [0.5, 0.6) is 11.5 Å². The van der Waals surface area contributed by atoms with Gasteiger partial charge in [-0.25, -0.2) is 0 Å². The minimum atomic E-state index is -0.951. The summed E-state index contributed by atoms with van der Waals surface area (Å²) in [6.45, 7) is 5.41. The molecule has 3 N–H and O–H groups in total. The molecule has 2 heterocycles. The number of thioether (sulfide) groups is 1. The summed E-state index contributed by atoms with van der Waals surface area (Å²) in [6.07, 6.45) is 17.6. The first kappa shape index (κ1) is 33.8. The second kappa shape index (κ2) is 15.9. The van der Waals surface area contributed by atoms with Gasteiger partial charge >= 0.3 is 0 Å². The zero-order valence-corrected chi connectivity index (χ0v) is 28.0. The summed E-state index contributed by atoms with van der Waals surface area (Å²) < 4.78 is 20.0. The fourth-order valence-electron chi connectivity index (χ4n) is 8.63. The molecule has 0 spiro atoms. The summed E-state index contributed by atoms with van der Waals surface area (Å²) >= 11 is 2.00. The van der Waals surface area contributed by atoms with Crippen LogP contribution in [0, 0.1) is 17.8 Å². The Bertz CT molecular complexity index is 1230. The monoisotopic (exact) mass is 655 g/mol. The average Bonchev–Trinajstić information content (AvgIpc) is 3.59. The third kappa shape index (κ3) is 7.19. The molecule has 3 fully saturated rings. The lowest BCUT2D eigenvalue weighted by atomic mass is 9.56. The van der Waals surface area contributed by atoms with E-state index in [1.54, 1.807) is 6.07 Å². The van der Waals surface area contributed by atoms with Crippen molar-refractivity contribution in [1.29, 1.82) is 0 Å². The summed E-state index contributed by atoms with van der Waals surface area (Å²) in [5.74, 6) is 0.335. The molecule has 2 aliphatic heterocycles. The van der Waals surface area contributed by atoms with E-state index in [0.29, 0.717) is 24.9 Å². The zero-order chi connectivity index (χ0) is 31.9. The van der Waals surface area contributed by atoms with E-state index in [1.807, 2.05) is 30.0 Å². The van der Waals surface area contributed by atoms with Crippen molar-refractivity contribution in [2.45, 2.75) is 118 Å². The van der Waals surface area contributed by atoms with Gasteiger partial charge in [-0.2, -0.15) is 0 Å². The number of aliphatic hydroxyl groups is 2. The lowest BCUT2D eigenvalue weighted by Crippen LogP contribution is -2.64. The van der Waals surface area contributed by atoms with Crippen molar-refractivity contribution in [3.63, 3.8) is 0 Å². The van der Waals surface area contributed by atoms with E-state index in [-0.39, 0.29) is 54.2 Å². The molecule has 1 saturated heterocycles. The third-order valence-electron chi connectivity index (χ3n) is 10.7. The molecule has 5 aliphatic rings. The van der Waals surface area contributed by atoms with Crippen molar-refractivity contribution in [2.75, 3.05) is 26.4 Å². The van der Waals surface area contributed by atoms with E-state index < -0.39 is 5.79 Å². The maximum absolute atomic E-state index is 10.8. The largest absolute Gasteiger partial charge is 0.508 e. The maximum Gasteiger partial charge on any atom is 0.230 e. The number of ether oxygens (including phenoxy) is 3. The van der Waals surface area contributed by atoms with Crippen molar-refractivity contribution in [2.24, 2.45) is 22.9 Å². The summed E-state index contributed by atoms with van der Waals surface area (Å²) in [5.41, 5.74) is 3.08. The Morgan fingerprint density at radius 1 is 1.02 bits per heavy atom. The minimum absolute atomic E-state index is 0.00148. The Kier molecular flexibility index (Phi) is 11.7. The van der Waals surface area contributed by atoms with E-state index in [1.165, 1.54) is 25.7 Å². The average molecular weight is 656 g/mol. The number of hydrogen-bond acceptors (Lipinski definition) is 9. The smallest absolute Gasteiger partial charge is 0.230 e. The number of oxime groups is 1. The number of aromatic hydroxyl groups is 1. The molecule has 0 aromatic heterocycles. The van der Waals surface area contributed by atoms with E-state index >= 15 is 0 Å². The first-order valence-corrected chi connectivity index (χ1v) is 18.7. The molecule has 0 amide bonds. The van der Waals surface area contributed by atoms with Crippen LogP contribution in [0.1, 0.15) is 101 Å². The Hall–Kier alpha value is -2.04. The van der Waals surface area contributed by atoms with Gasteiger partial charge in [-0.15, -0.1) is 18.3 Å². The van der Waals surface area contributed by atoms with Gasteiger partial charge in [-0.05, 0) is 87.0 Å². The number of benzene rings is 1. The zero-order valence-electron chi connectivity index (χ0n) is 27.2. The van der Waals surface area contributed by atoms with E-state index in [2.05, 4.69) is 12.7 Å². The van der Waals surface area contributed by atoms with Gasteiger partial charge in [0.15, 0.2) is 0 Å². The molecule has 46 heavy (non-hydrogen) atoms. The van der Waals surface area contributed by atoms with Crippen LogP contribution in [0.25, 0.3) is 0 Å². The molecular weight excluding hydrogens is 602 g/mol. The summed E-state index contributed by atoms with van der Waals surface area (Å²) in [7, 11) is 0. The van der Waals surface area contributed by atoms with Crippen LogP contribution < -0.4 is 4.74 Å². The molecule has 1 aromatic rings. The van der Waals surface area contributed by atoms with Gasteiger partial charge in [-0.1, -0.05) is 43.0 Å². The van der Waals surface area contributed by atoms with Crippen molar-refractivity contribution < 1.29 is 34.4 Å². The predicted octanol–water partition coefficient (Wildman–Crippen LogP) is 7.23. The molecule has 0 radical (unpaired) electrons. The van der Waals surface area contributed by atoms with Crippen LogP contribution in [0.3, 0.4) is 0 Å². The van der Waals surface area contributed by atoms with Crippen molar-refractivity contribution in [3.8, 4) is 11.5 Å². The van der Waals surface area contributed by atoms with Crippen LogP contribution >= 0.6 is 11.8 Å². The van der Waals surface area contributed by atoms with E-state index in [4.69, 9.17) is 24.2 Å². The standard InChI is InChI=1S/C37H53NO7S/c1-2-20-43-37-33(46-27-12-3-4-13-27)24-31(38-45-34-15-7-10-21-42-34)29-22-25(11-5-8-18-39)28(14-6-9-19-40)35(36(29)37)30-23-26(41)16-17-32(30)44-37/h2,16-17,22-23,25,27-28,33-36,39-41H,1,3-15,18-21,24H2/t25-,28+,33-,34?,35+,36+,37+/m0/s1. The summed E-state index contributed by atoms with van der Waals surface area (Å²) in [4.78, 5) is 6.17. The predicted molar refractivity (Wildman–Crippen MR) is 181 cm³/mol. The number of fused-ring (bicyclic) bond motifs is 2. The number of phenols is 1. The van der Waals surface area contributed by atoms with Gasteiger partial charge in [0.25, 0.3) is 0 Å². The van der Waals surface area contributed by atoms with Crippen LogP contribution in [-0.4, -0.2) is 70.0 Å². The van der Waals surface area contributed by atoms with Gasteiger partial charge in [0.1, 0.15) is 11.5 Å². The van der Waals surface area contributed by atoms with Crippen LogP contribution in [0.15, 0.2) is 47.7 Å². The van der Waals surface area contributed by atoms with Gasteiger partial charge in [0, 0.05) is 42.8 Å². The number of nitrogens with zero attached hydrogens (tertiary/aromatic N) is 1. The number of phenolic OH excluding ortho intramolecular Hbond substituents is 1. The number of unbranched alkanes of at least 4 members (excludes halogenated alkanes) is 2. The highest BCUT2D eigenvalue weighted by Crippen LogP contribution is 2.63. The normalized spacial score (nSPS) is 33.2. The first-order valence-electron chi connectivity index (χ1n) is 17.8. The SMILES string of the molecule is C=CCO[C@@]12Oc3ccc(O)cc3[C@H]3[C@H](CCCCO)[C@@H](CCCCO)C=C(C(=NOC4CCCCO4)C[C@@H]1SC1CCCC1)[C@H]32. The summed E-state index contributed by atoms with van der Waals surface area (Å²) in [6, 6.07) is 5.52. The molecule has 7 atom stereocenters. The highest BCUT2D eigenvalue weighted by atomic mass is 32.2. The Morgan fingerprint density at radius 2 is 1.80 bits per heavy atom.